The van der Waals surface area contributed by atoms with Gasteiger partial charge in [0.15, 0.2) is 0 Å². The number of rotatable bonds is 0. The van der Waals surface area contributed by atoms with Crippen molar-refractivity contribution in [1.82, 2.24) is 19.7 Å². The molecular weight excluding hydrogens is 476 g/mol. The Morgan fingerprint density at radius 1 is 0.564 bits per heavy atom. The lowest BCUT2D eigenvalue weighted by atomic mass is 10.0. The molecule has 0 spiro atoms. The normalized spacial score (nSPS) is 16.7. The van der Waals surface area contributed by atoms with Crippen LogP contribution in [-0.4, -0.2) is 60.5 Å². The molecule has 7 rings (SSSR count). The summed E-state index contributed by atoms with van der Waals surface area (Å²) in [6.07, 6.45) is 7.52. The van der Waals surface area contributed by atoms with E-state index in [-0.39, 0.29) is 7.43 Å². The molecular formula is C35H50N4. The maximum absolute atomic E-state index is 3.19. The Morgan fingerprint density at radius 2 is 1.08 bits per heavy atom. The Balaban J connectivity index is 0.000000144. The van der Waals surface area contributed by atoms with Crippen molar-refractivity contribution in [2.75, 3.05) is 40.8 Å². The van der Waals surface area contributed by atoms with E-state index in [9.17, 15) is 0 Å². The van der Waals surface area contributed by atoms with E-state index in [0.717, 1.165) is 19.6 Å². The Bertz CT molecular complexity index is 1230. The van der Waals surface area contributed by atoms with Gasteiger partial charge in [0.05, 0.1) is 0 Å². The molecule has 0 bridgehead atoms. The minimum Gasteiger partial charge on any atom is -0.361 e. The molecule has 1 fully saturated rings. The molecule has 0 saturated carbocycles. The Kier molecular flexibility index (Phi) is 12.3. The van der Waals surface area contributed by atoms with Gasteiger partial charge in [-0.1, -0.05) is 80.6 Å². The van der Waals surface area contributed by atoms with Gasteiger partial charge in [-0.25, -0.2) is 0 Å². The molecule has 3 aromatic carbocycles. The van der Waals surface area contributed by atoms with Crippen molar-refractivity contribution in [1.29, 1.82) is 0 Å². The molecule has 210 valence electrons. The zero-order chi connectivity index (χ0) is 26.7. The first-order valence-corrected chi connectivity index (χ1v) is 14.2. The van der Waals surface area contributed by atoms with Crippen LogP contribution in [0.5, 0.6) is 0 Å². The minimum atomic E-state index is 0. The first-order chi connectivity index (χ1) is 18.5. The standard InChI is InChI=1S/C10H13N.C9H11N.C9H9N.C6H13N.CH4/c1-11-7-6-9-4-2-3-5-10(9)8-11;1-10-6-8-4-2-3-5-9(8)7-10;1-7-6-10-9-5-3-2-4-8(7)9;1-7-5-3-2-4-6-7;/h2-5H,6-8H2,1H3;2-5H,6-7H2,1H3;2-6,10H,1H3;2-6H2,1H3;1H4. The third kappa shape index (κ3) is 9.35. The number of fused-ring (bicyclic) bond motifs is 3. The Labute approximate surface area is 237 Å². The second kappa shape index (κ2) is 15.6. The van der Waals surface area contributed by atoms with Crippen molar-refractivity contribution in [2.24, 2.45) is 0 Å². The van der Waals surface area contributed by atoms with E-state index in [0.29, 0.717) is 0 Å². The summed E-state index contributed by atoms with van der Waals surface area (Å²) in [5, 5.41) is 1.32. The molecule has 4 heterocycles. The highest BCUT2D eigenvalue weighted by Gasteiger charge is 2.13. The first kappa shape index (κ1) is 30.6. The predicted molar refractivity (Wildman–Crippen MR) is 169 cm³/mol. The number of benzene rings is 3. The summed E-state index contributed by atoms with van der Waals surface area (Å²) in [6.45, 7) is 9.32. The molecule has 0 radical (unpaired) electrons. The van der Waals surface area contributed by atoms with Gasteiger partial charge < -0.3 is 14.8 Å². The lowest BCUT2D eigenvalue weighted by Crippen LogP contribution is -2.26. The lowest BCUT2D eigenvalue weighted by molar-refractivity contribution is 0.277. The number of hydrogen-bond acceptors (Lipinski definition) is 3. The highest BCUT2D eigenvalue weighted by Crippen LogP contribution is 2.20. The summed E-state index contributed by atoms with van der Waals surface area (Å²) < 4.78 is 0. The second-order valence-corrected chi connectivity index (χ2v) is 11.1. The monoisotopic (exact) mass is 526 g/mol. The number of nitrogens with zero attached hydrogens (tertiary/aromatic N) is 3. The smallest absolute Gasteiger partial charge is 0.0456 e. The first-order valence-electron chi connectivity index (χ1n) is 14.2. The van der Waals surface area contributed by atoms with Crippen LogP contribution < -0.4 is 0 Å². The molecule has 0 atom stereocenters. The van der Waals surface area contributed by atoms with Crippen LogP contribution in [0.15, 0.2) is 79.0 Å². The highest BCUT2D eigenvalue weighted by atomic mass is 15.1. The summed E-state index contributed by atoms with van der Waals surface area (Å²) in [5.74, 6) is 0. The van der Waals surface area contributed by atoms with Crippen LogP contribution in [0.2, 0.25) is 0 Å². The number of aromatic nitrogens is 1. The third-order valence-corrected chi connectivity index (χ3v) is 7.70. The van der Waals surface area contributed by atoms with E-state index in [1.807, 2.05) is 12.3 Å². The molecule has 0 aliphatic carbocycles. The van der Waals surface area contributed by atoms with Gasteiger partial charge in [-0.2, -0.15) is 0 Å². The Hall–Kier alpha value is -2.92. The summed E-state index contributed by atoms with van der Waals surface area (Å²) in [6, 6.07) is 25.7. The van der Waals surface area contributed by atoms with Gasteiger partial charge >= 0.3 is 0 Å². The quantitative estimate of drug-likeness (QED) is 0.257. The fourth-order valence-corrected chi connectivity index (χ4v) is 5.41. The van der Waals surface area contributed by atoms with Gasteiger partial charge in [-0.3, -0.25) is 4.90 Å². The van der Waals surface area contributed by atoms with Crippen molar-refractivity contribution >= 4 is 10.9 Å². The highest BCUT2D eigenvalue weighted by molar-refractivity contribution is 5.82. The minimum absolute atomic E-state index is 0. The van der Waals surface area contributed by atoms with Crippen LogP contribution in [0.3, 0.4) is 0 Å². The van der Waals surface area contributed by atoms with Crippen LogP contribution >= 0.6 is 0 Å². The number of hydrogen-bond donors (Lipinski definition) is 1. The number of H-pyrrole nitrogens is 1. The van der Waals surface area contributed by atoms with Crippen molar-refractivity contribution in [2.45, 2.75) is 59.7 Å². The zero-order valence-electron chi connectivity index (χ0n) is 23.9. The van der Waals surface area contributed by atoms with E-state index in [4.69, 9.17) is 0 Å². The number of piperidine rings is 1. The van der Waals surface area contributed by atoms with E-state index in [1.165, 1.54) is 84.0 Å². The molecule has 3 aliphatic rings. The largest absolute Gasteiger partial charge is 0.361 e. The summed E-state index contributed by atoms with van der Waals surface area (Å²) in [4.78, 5) is 10.3. The van der Waals surface area contributed by atoms with E-state index in [1.54, 1.807) is 0 Å². The molecule has 4 heteroatoms. The topological polar surface area (TPSA) is 25.5 Å². The average molecular weight is 527 g/mol. The fourth-order valence-electron chi connectivity index (χ4n) is 5.41. The number of aromatic amines is 1. The van der Waals surface area contributed by atoms with Crippen LogP contribution in [0.25, 0.3) is 10.9 Å². The number of likely N-dealkylation sites (N-methyl/N-ethyl adjacent to an activating group) is 1. The van der Waals surface area contributed by atoms with Crippen molar-refractivity contribution < 1.29 is 0 Å². The van der Waals surface area contributed by atoms with Crippen molar-refractivity contribution in [3.63, 3.8) is 0 Å². The summed E-state index contributed by atoms with van der Waals surface area (Å²) in [7, 11) is 6.52. The maximum atomic E-state index is 3.19. The van der Waals surface area contributed by atoms with E-state index < -0.39 is 0 Å². The predicted octanol–water partition coefficient (Wildman–Crippen LogP) is 7.52. The molecule has 4 nitrogen and oxygen atoms in total. The van der Waals surface area contributed by atoms with E-state index in [2.05, 4.69) is 114 Å². The molecule has 4 aromatic rings. The van der Waals surface area contributed by atoms with Gasteiger partial charge in [0.25, 0.3) is 0 Å². The lowest BCUT2D eigenvalue weighted by Gasteiger charge is -2.24. The molecule has 0 amide bonds. The van der Waals surface area contributed by atoms with Gasteiger partial charge in [-0.05, 0) is 94.3 Å². The number of nitrogens with one attached hydrogen (secondary N) is 1. The van der Waals surface area contributed by atoms with Gasteiger partial charge in [0.2, 0.25) is 0 Å². The van der Waals surface area contributed by atoms with Gasteiger partial charge in [0.1, 0.15) is 0 Å². The molecule has 1 saturated heterocycles. The molecule has 0 unspecified atom stereocenters. The number of para-hydroxylation sites is 1. The van der Waals surface area contributed by atoms with Crippen molar-refractivity contribution in [3.05, 3.63) is 107 Å². The third-order valence-electron chi connectivity index (χ3n) is 7.70. The van der Waals surface area contributed by atoms with Crippen LogP contribution in [0.1, 0.15) is 54.5 Å². The fraction of sp³-hybridized carbons (Fsp3) is 0.429. The van der Waals surface area contributed by atoms with Gasteiger partial charge in [0, 0.05) is 43.3 Å². The average Bonchev–Trinajstić information content (AvgIpc) is 3.52. The van der Waals surface area contributed by atoms with Gasteiger partial charge in [-0.15, -0.1) is 0 Å². The molecule has 1 N–H and O–H groups in total. The van der Waals surface area contributed by atoms with Crippen molar-refractivity contribution in [3.8, 4) is 0 Å². The number of likely N-dealkylation sites (tertiary alicyclic amines) is 1. The maximum Gasteiger partial charge on any atom is 0.0456 e. The molecule has 3 aliphatic heterocycles. The molecule has 39 heavy (non-hydrogen) atoms. The van der Waals surface area contributed by atoms with Crippen LogP contribution in [-0.2, 0) is 26.1 Å². The molecule has 1 aromatic heterocycles. The zero-order valence-corrected chi connectivity index (χ0v) is 23.9. The second-order valence-electron chi connectivity index (χ2n) is 11.1. The van der Waals surface area contributed by atoms with Crippen LogP contribution in [0, 0.1) is 6.92 Å². The van der Waals surface area contributed by atoms with Crippen LogP contribution in [0.4, 0.5) is 0 Å². The van der Waals surface area contributed by atoms with E-state index >= 15 is 0 Å². The summed E-state index contributed by atoms with van der Waals surface area (Å²) in [5.41, 5.74) is 8.55. The number of aryl methyl sites for hydroxylation is 1. The summed E-state index contributed by atoms with van der Waals surface area (Å²) >= 11 is 0. The Morgan fingerprint density at radius 3 is 1.64 bits per heavy atom. The SMILES string of the molecule is C.CN1CCCCC1.CN1CCc2ccccc2C1.CN1Cc2ccccc2C1.Cc1c[nH]c2ccccc12.